The van der Waals surface area contributed by atoms with Gasteiger partial charge in [0, 0.05) is 6.07 Å². The minimum atomic E-state index is -0.488. The predicted molar refractivity (Wildman–Crippen MR) is 142 cm³/mol. The molecule has 35 heavy (non-hydrogen) atoms. The minimum absolute atomic E-state index is 0.185. The molecule has 5 heteroatoms. The second kappa shape index (κ2) is 8.51. The van der Waals surface area contributed by atoms with Crippen LogP contribution >= 0.6 is 11.3 Å². The zero-order chi connectivity index (χ0) is 24.1. The molecular formula is C30H25NO3S. The zero-order valence-electron chi connectivity index (χ0n) is 19.7. The van der Waals surface area contributed by atoms with Crippen LogP contribution in [0.5, 0.6) is 0 Å². The van der Waals surface area contributed by atoms with E-state index in [4.69, 9.17) is 4.74 Å². The number of pyridine rings is 1. The number of methoxy groups -OCH3 is 1. The third kappa shape index (κ3) is 3.76. The van der Waals surface area contributed by atoms with Crippen molar-refractivity contribution in [1.29, 1.82) is 0 Å². The fourth-order valence-electron chi connectivity index (χ4n) is 5.08. The highest BCUT2D eigenvalue weighted by Crippen LogP contribution is 2.47. The molecule has 0 N–H and O–H groups in total. The van der Waals surface area contributed by atoms with Gasteiger partial charge in [-0.15, -0.1) is 11.3 Å². The lowest BCUT2D eigenvalue weighted by Gasteiger charge is -2.13. The van der Waals surface area contributed by atoms with E-state index in [-0.39, 0.29) is 5.56 Å². The summed E-state index contributed by atoms with van der Waals surface area (Å²) in [5.41, 5.74) is 5.63. The Bertz CT molecular complexity index is 1670. The first-order chi connectivity index (χ1) is 17.0. The van der Waals surface area contributed by atoms with Gasteiger partial charge in [-0.2, -0.15) is 0 Å². The maximum absolute atomic E-state index is 13.6. The van der Waals surface area contributed by atoms with Gasteiger partial charge >= 0.3 is 5.97 Å². The van der Waals surface area contributed by atoms with Crippen LogP contribution in [0.4, 0.5) is 0 Å². The third-order valence-electron chi connectivity index (χ3n) is 6.84. The van der Waals surface area contributed by atoms with Gasteiger partial charge in [0.05, 0.1) is 12.0 Å². The largest absolute Gasteiger partial charge is 0.464 e. The van der Waals surface area contributed by atoms with E-state index in [0.29, 0.717) is 18.0 Å². The first-order valence-corrected chi connectivity index (χ1v) is 12.7. The number of esters is 1. The number of benzene rings is 3. The number of carbonyl (C=O) groups excluding carboxylic acids is 1. The van der Waals surface area contributed by atoms with Crippen molar-refractivity contribution in [2.24, 2.45) is 0 Å². The summed E-state index contributed by atoms with van der Waals surface area (Å²) in [6.07, 6.45) is 2.88. The third-order valence-corrected chi connectivity index (χ3v) is 8.07. The second-order valence-electron chi connectivity index (χ2n) is 9.29. The van der Waals surface area contributed by atoms with Crippen LogP contribution in [0.2, 0.25) is 0 Å². The number of thiazole rings is 1. The average molecular weight is 480 g/mol. The molecule has 1 aliphatic carbocycles. The maximum Gasteiger partial charge on any atom is 0.356 e. The summed E-state index contributed by atoms with van der Waals surface area (Å²) in [4.78, 5) is 28.2. The van der Waals surface area contributed by atoms with Gasteiger partial charge in [-0.05, 0) is 65.1 Å². The van der Waals surface area contributed by atoms with Gasteiger partial charge in [-0.25, -0.2) is 4.79 Å². The van der Waals surface area contributed by atoms with Crippen LogP contribution in [0.1, 0.15) is 51.5 Å². The number of ether oxygens (including phenoxy) is 1. The Kier molecular flexibility index (Phi) is 5.30. The Balaban J connectivity index is 1.61. The Morgan fingerprint density at radius 3 is 2.54 bits per heavy atom. The van der Waals surface area contributed by atoms with Crippen molar-refractivity contribution < 1.29 is 9.53 Å². The van der Waals surface area contributed by atoms with E-state index in [1.807, 2.05) is 31.2 Å². The number of aryl methyl sites for hydroxylation is 1. The highest BCUT2D eigenvalue weighted by molar-refractivity contribution is 7.21. The van der Waals surface area contributed by atoms with Crippen LogP contribution in [0.15, 0.2) is 77.6 Å². The molecule has 0 radical (unpaired) electrons. The van der Waals surface area contributed by atoms with E-state index < -0.39 is 5.97 Å². The molecule has 0 atom stereocenters. The van der Waals surface area contributed by atoms with Gasteiger partial charge in [-0.3, -0.25) is 9.20 Å². The topological polar surface area (TPSA) is 47.8 Å². The van der Waals surface area contributed by atoms with Crippen LogP contribution in [-0.4, -0.2) is 17.5 Å². The monoisotopic (exact) mass is 479 g/mol. The first kappa shape index (κ1) is 21.8. The summed E-state index contributed by atoms with van der Waals surface area (Å²) in [6, 6.07) is 24.5. The van der Waals surface area contributed by atoms with Gasteiger partial charge in [0.25, 0.3) is 5.56 Å². The SMILES string of the molecule is COC(=O)c1c(-c2cccc(C)c2)sc2c(C3CC3)c(Cc3cccc4ccccc34)cc(=O)n12. The van der Waals surface area contributed by atoms with E-state index in [0.717, 1.165) is 39.2 Å². The van der Waals surface area contributed by atoms with Crippen LogP contribution in [0.3, 0.4) is 0 Å². The molecule has 0 bridgehead atoms. The number of fused-ring (bicyclic) bond motifs is 2. The van der Waals surface area contributed by atoms with Gasteiger partial charge < -0.3 is 4.74 Å². The summed E-state index contributed by atoms with van der Waals surface area (Å²) in [6.45, 7) is 2.03. The van der Waals surface area contributed by atoms with Crippen LogP contribution in [-0.2, 0) is 11.2 Å². The molecule has 1 saturated carbocycles. The molecule has 6 rings (SSSR count). The van der Waals surface area contributed by atoms with Crippen molar-refractivity contribution >= 4 is 32.9 Å². The predicted octanol–water partition coefficient (Wildman–Crippen LogP) is 6.74. The van der Waals surface area contributed by atoms with E-state index in [1.54, 1.807) is 10.5 Å². The number of aromatic nitrogens is 1. The van der Waals surface area contributed by atoms with Crippen LogP contribution < -0.4 is 5.56 Å². The lowest BCUT2D eigenvalue weighted by Crippen LogP contribution is -2.20. The van der Waals surface area contributed by atoms with Gasteiger partial charge in [0.15, 0.2) is 5.69 Å². The van der Waals surface area contributed by atoms with Crippen LogP contribution in [0.25, 0.3) is 26.0 Å². The molecular weight excluding hydrogens is 454 g/mol. The summed E-state index contributed by atoms with van der Waals surface area (Å²) in [5, 5.41) is 2.40. The molecule has 3 aromatic carbocycles. The summed E-state index contributed by atoms with van der Waals surface area (Å²) in [7, 11) is 1.37. The van der Waals surface area contributed by atoms with Crippen molar-refractivity contribution in [2.75, 3.05) is 7.11 Å². The number of carbonyl (C=O) groups is 1. The molecule has 1 aliphatic rings. The molecule has 0 saturated heterocycles. The molecule has 1 fully saturated rings. The highest BCUT2D eigenvalue weighted by Gasteiger charge is 2.33. The number of rotatable bonds is 5. The Morgan fingerprint density at radius 1 is 1.00 bits per heavy atom. The molecule has 0 unspecified atom stereocenters. The van der Waals surface area contributed by atoms with Crippen molar-refractivity contribution in [3.8, 4) is 10.4 Å². The fourth-order valence-corrected chi connectivity index (χ4v) is 6.47. The molecule has 174 valence electrons. The van der Waals surface area contributed by atoms with Gasteiger partial charge in [0.2, 0.25) is 0 Å². The molecule has 0 spiro atoms. The smallest absolute Gasteiger partial charge is 0.356 e. The van der Waals surface area contributed by atoms with Gasteiger partial charge in [-0.1, -0.05) is 72.3 Å². The fraction of sp³-hybridized carbons (Fsp3) is 0.200. The Labute approximate surface area is 207 Å². The van der Waals surface area contributed by atoms with Crippen molar-refractivity contribution in [1.82, 2.24) is 4.40 Å². The molecule has 2 heterocycles. The van der Waals surface area contributed by atoms with Gasteiger partial charge in [0.1, 0.15) is 4.83 Å². The molecule has 0 aliphatic heterocycles. The highest BCUT2D eigenvalue weighted by atomic mass is 32.1. The first-order valence-electron chi connectivity index (χ1n) is 11.9. The Hall–Kier alpha value is -3.70. The van der Waals surface area contributed by atoms with E-state index in [2.05, 4.69) is 42.5 Å². The maximum atomic E-state index is 13.6. The molecule has 0 amide bonds. The molecule has 2 aromatic heterocycles. The van der Waals surface area contributed by atoms with Crippen molar-refractivity contribution in [2.45, 2.75) is 32.1 Å². The quantitative estimate of drug-likeness (QED) is 0.262. The van der Waals surface area contributed by atoms with E-state index in [9.17, 15) is 9.59 Å². The second-order valence-corrected chi connectivity index (χ2v) is 10.3. The van der Waals surface area contributed by atoms with Crippen LogP contribution in [0, 0.1) is 6.92 Å². The normalized spacial score (nSPS) is 13.4. The number of hydrogen-bond donors (Lipinski definition) is 0. The van der Waals surface area contributed by atoms with E-state index >= 15 is 0 Å². The lowest BCUT2D eigenvalue weighted by atomic mass is 9.95. The standard InChI is InChI=1S/C30H25NO3S/c1-18-7-5-11-22(15-18)28-27(30(33)34-2)31-25(32)17-23(26(20-13-14-20)29(31)35-28)16-21-10-6-9-19-8-3-4-12-24(19)21/h3-12,15,17,20H,13-14,16H2,1-2H3. The molecule has 5 aromatic rings. The summed E-state index contributed by atoms with van der Waals surface area (Å²) < 4.78 is 6.74. The Morgan fingerprint density at radius 2 is 1.77 bits per heavy atom. The average Bonchev–Trinajstić information content (AvgIpc) is 3.62. The van der Waals surface area contributed by atoms with Crippen molar-refractivity contribution in [3.05, 3.63) is 111 Å². The molecule has 4 nitrogen and oxygen atoms in total. The zero-order valence-corrected chi connectivity index (χ0v) is 20.5. The lowest BCUT2D eigenvalue weighted by molar-refractivity contribution is 0.0593. The van der Waals surface area contributed by atoms with E-state index in [1.165, 1.54) is 40.3 Å². The summed E-state index contributed by atoms with van der Waals surface area (Å²) in [5.74, 6) is -0.0801. The summed E-state index contributed by atoms with van der Waals surface area (Å²) >= 11 is 1.53. The number of nitrogens with zero attached hydrogens (tertiary/aromatic N) is 1. The number of hydrogen-bond acceptors (Lipinski definition) is 4. The minimum Gasteiger partial charge on any atom is -0.464 e. The van der Waals surface area contributed by atoms with Crippen molar-refractivity contribution in [3.63, 3.8) is 0 Å².